The monoisotopic (exact) mass is 186 g/mol. The molecule has 4 nitrogen and oxygen atoms in total. The second-order valence-corrected chi connectivity index (χ2v) is 3.31. The highest BCUT2D eigenvalue weighted by Crippen LogP contribution is 2.07. The van der Waals surface area contributed by atoms with Gasteiger partial charge in [-0.1, -0.05) is 0 Å². The summed E-state index contributed by atoms with van der Waals surface area (Å²) < 4.78 is 5.00. The van der Waals surface area contributed by atoms with Gasteiger partial charge in [0.05, 0.1) is 6.04 Å². The summed E-state index contributed by atoms with van der Waals surface area (Å²) in [6.45, 7) is 6.38. The predicted molar refractivity (Wildman–Crippen MR) is 50.5 cm³/mol. The van der Waals surface area contributed by atoms with Crippen LogP contribution in [-0.4, -0.2) is 49.7 Å². The topological polar surface area (TPSA) is 41.6 Å². The molecule has 0 aliphatic carbocycles. The molecule has 1 unspecified atom stereocenters. The van der Waals surface area contributed by atoms with Crippen LogP contribution >= 0.6 is 0 Å². The minimum Gasteiger partial charge on any atom is -0.372 e. The summed E-state index contributed by atoms with van der Waals surface area (Å²) in [6.07, 6.45) is -0.319. The van der Waals surface area contributed by atoms with Crippen molar-refractivity contribution in [1.82, 2.24) is 10.2 Å². The van der Waals surface area contributed by atoms with Crippen LogP contribution in [0.3, 0.4) is 0 Å². The molecule has 1 rings (SSSR count). The first-order valence-electron chi connectivity index (χ1n) is 4.74. The summed E-state index contributed by atoms with van der Waals surface area (Å²) in [5.41, 5.74) is 0. The van der Waals surface area contributed by atoms with Crippen molar-refractivity contribution in [3.05, 3.63) is 0 Å². The summed E-state index contributed by atoms with van der Waals surface area (Å²) in [6, 6.07) is 0.370. The van der Waals surface area contributed by atoms with E-state index in [0.29, 0.717) is 6.04 Å². The molecule has 1 aliphatic rings. The molecule has 13 heavy (non-hydrogen) atoms. The molecule has 0 saturated carbocycles. The van der Waals surface area contributed by atoms with E-state index in [2.05, 4.69) is 5.32 Å². The molecule has 1 aliphatic heterocycles. The van der Waals surface area contributed by atoms with Crippen molar-refractivity contribution >= 4 is 5.91 Å². The Balaban J connectivity index is 2.49. The van der Waals surface area contributed by atoms with Crippen LogP contribution in [0.25, 0.3) is 0 Å². The minimum atomic E-state index is -0.319. The van der Waals surface area contributed by atoms with Crippen LogP contribution in [0, 0.1) is 0 Å². The van der Waals surface area contributed by atoms with E-state index in [-0.39, 0.29) is 12.0 Å². The predicted octanol–water partition coefficient (Wildman–Crippen LogP) is -0.158. The zero-order valence-corrected chi connectivity index (χ0v) is 8.54. The average Bonchev–Trinajstić information content (AvgIpc) is 2.08. The number of likely N-dealkylation sites (N-methyl/N-ethyl adjacent to an activating group) is 1. The van der Waals surface area contributed by atoms with Crippen LogP contribution in [0.5, 0.6) is 0 Å². The average molecular weight is 186 g/mol. The number of carbonyl (C=O) groups excluding carboxylic acids is 1. The molecular formula is C9H18N2O2. The van der Waals surface area contributed by atoms with Crippen molar-refractivity contribution in [3.63, 3.8) is 0 Å². The van der Waals surface area contributed by atoms with Crippen LogP contribution in [0.4, 0.5) is 0 Å². The van der Waals surface area contributed by atoms with E-state index in [0.717, 1.165) is 19.6 Å². The number of nitrogens with one attached hydrogen (secondary N) is 1. The Kier molecular flexibility index (Phi) is 3.69. The molecule has 1 atom stereocenters. The quantitative estimate of drug-likeness (QED) is 0.663. The SMILES string of the molecule is CCN(C(=O)C(C)OC)C1CNC1. The molecular weight excluding hydrogens is 168 g/mol. The lowest BCUT2D eigenvalue weighted by Crippen LogP contribution is -2.60. The molecule has 0 aromatic heterocycles. The number of ether oxygens (including phenoxy) is 1. The maximum atomic E-state index is 11.7. The minimum absolute atomic E-state index is 0.0940. The Morgan fingerprint density at radius 2 is 2.31 bits per heavy atom. The number of hydrogen-bond donors (Lipinski definition) is 1. The molecule has 0 spiro atoms. The highest BCUT2D eigenvalue weighted by molar-refractivity contribution is 5.81. The van der Waals surface area contributed by atoms with E-state index >= 15 is 0 Å². The van der Waals surface area contributed by atoms with Crippen LogP contribution < -0.4 is 5.32 Å². The largest absolute Gasteiger partial charge is 0.372 e. The molecule has 0 radical (unpaired) electrons. The van der Waals surface area contributed by atoms with Crippen molar-refractivity contribution in [1.29, 1.82) is 0 Å². The van der Waals surface area contributed by atoms with Gasteiger partial charge in [-0.05, 0) is 13.8 Å². The van der Waals surface area contributed by atoms with Gasteiger partial charge in [0.25, 0.3) is 5.91 Å². The fraction of sp³-hybridized carbons (Fsp3) is 0.889. The van der Waals surface area contributed by atoms with E-state index < -0.39 is 0 Å². The van der Waals surface area contributed by atoms with Crippen LogP contribution in [0.15, 0.2) is 0 Å². The van der Waals surface area contributed by atoms with Gasteiger partial charge >= 0.3 is 0 Å². The first-order valence-corrected chi connectivity index (χ1v) is 4.74. The molecule has 4 heteroatoms. The number of hydrogen-bond acceptors (Lipinski definition) is 3. The molecule has 1 amide bonds. The van der Waals surface area contributed by atoms with Gasteiger partial charge in [0, 0.05) is 26.7 Å². The third-order valence-corrected chi connectivity index (χ3v) is 2.53. The molecule has 1 fully saturated rings. The standard InChI is InChI=1S/C9H18N2O2/c1-4-11(8-5-10-6-8)9(12)7(2)13-3/h7-8,10H,4-6H2,1-3H3. The Labute approximate surface area is 79.2 Å². The normalized spacial score (nSPS) is 19.3. The van der Waals surface area contributed by atoms with Crippen molar-refractivity contribution in [2.75, 3.05) is 26.7 Å². The van der Waals surface area contributed by atoms with Crippen molar-refractivity contribution < 1.29 is 9.53 Å². The number of rotatable bonds is 4. The second kappa shape index (κ2) is 4.58. The van der Waals surface area contributed by atoms with E-state index in [4.69, 9.17) is 4.74 Å². The number of carbonyl (C=O) groups is 1. The van der Waals surface area contributed by atoms with Crippen LogP contribution in [0.1, 0.15) is 13.8 Å². The number of nitrogens with zero attached hydrogens (tertiary/aromatic N) is 1. The summed E-state index contributed by atoms with van der Waals surface area (Å²) >= 11 is 0. The molecule has 0 aromatic carbocycles. The molecule has 1 saturated heterocycles. The van der Waals surface area contributed by atoms with E-state index in [1.54, 1.807) is 14.0 Å². The summed E-state index contributed by atoms with van der Waals surface area (Å²) in [5.74, 6) is 0.0940. The zero-order valence-electron chi connectivity index (χ0n) is 8.54. The van der Waals surface area contributed by atoms with Crippen molar-refractivity contribution in [2.45, 2.75) is 26.0 Å². The Bertz CT molecular complexity index is 180. The van der Waals surface area contributed by atoms with Gasteiger partial charge in [0.15, 0.2) is 0 Å². The van der Waals surface area contributed by atoms with E-state index in [1.165, 1.54) is 0 Å². The highest BCUT2D eigenvalue weighted by Gasteiger charge is 2.29. The van der Waals surface area contributed by atoms with Gasteiger partial charge in [-0.2, -0.15) is 0 Å². The molecule has 0 bridgehead atoms. The fourth-order valence-electron chi connectivity index (χ4n) is 1.42. The van der Waals surface area contributed by atoms with Gasteiger partial charge in [0.1, 0.15) is 6.10 Å². The summed E-state index contributed by atoms with van der Waals surface area (Å²) in [5, 5.41) is 3.15. The van der Waals surface area contributed by atoms with Crippen LogP contribution in [0.2, 0.25) is 0 Å². The van der Waals surface area contributed by atoms with Gasteiger partial charge in [-0.3, -0.25) is 4.79 Å². The first kappa shape index (κ1) is 10.5. The van der Waals surface area contributed by atoms with E-state index in [9.17, 15) is 4.79 Å². The Morgan fingerprint density at radius 3 is 2.62 bits per heavy atom. The Morgan fingerprint density at radius 1 is 1.69 bits per heavy atom. The lowest BCUT2D eigenvalue weighted by atomic mass is 10.1. The molecule has 1 heterocycles. The van der Waals surface area contributed by atoms with Crippen LogP contribution in [-0.2, 0) is 9.53 Å². The second-order valence-electron chi connectivity index (χ2n) is 3.31. The summed E-state index contributed by atoms with van der Waals surface area (Å²) in [4.78, 5) is 13.6. The number of methoxy groups -OCH3 is 1. The molecule has 1 N–H and O–H groups in total. The smallest absolute Gasteiger partial charge is 0.251 e. The lowest BCUT2D eigenvalue weighted by molar-refractivity contribution is -0.144. The number of amides is 1. The maximum Gasteiger partial charge on any atom is 0.251 e. The van der Waals surface area contributed by atoms with Gasteiger partial charge < -0.3 is 15.0 Å². The van der Waals surface area contributed by atoms with Crippen molar-refractivity contribution in [3.8, 4) is 0 Å². The Hall–Kier alpha value is -0.610. The fourth-order valence-corrected chi connectivity index (χ4v) is 1.42. The van der Waals surface area contributed by atoms with E-state index in [1.807, 2.05) is 11.8 Å². The van der Waals surface area contributed by atoms with Gasteiger partial charge in [-0.25, -0.2) is 0 Å². The lowest BCUT2D eigenvalue weighted by Gasteiger charge is -2.38. The highest BCUT2D eigenvalue weighted by atomic mass is 16.5. The van der Waals surface area contributed by atoms with Gasteiger partial charge in [-0.15, -0.1) is 0 Å². The van der Waals surface area contributed by atoms with Gasteiger partial charge in [0.2, 0.25) is 0 Å². The third-order valence-electron chi connectivity index (χ3n) is 2.53. The van der Waals surface area contributed by atoms with Crippen molar-refractivity contribution in [2.24, 2.45) is 0 Å². The first-order chi connectivity index (χ1) is 6.20. The zero-order chi connectivity index (χ0) is 9.84. The third kappa shape index (κ3) is 2.19. The summed E-state index contributed by atoms with van der Waals surface area (Å²) in [7, 11) is 1.56. The maximum absolute atomic E-state index is 11.7. The molecule has 0 aromatic rings. The molecule has 76 valence electrons.